The van der Waals surface area contributed by atoms with Crippen LogP contribution in [0.2, 0.25) is 0 Å². The van der Waals surface area contributed by atoms with Gasteiger partial charge in [0.1, 0.15) is 6.04 Å². The zero-order chi connectivity index (χ0) is 25.5. The van der Waals surface area contributed by atoms with Crippen molar-refractivity contribution in [2.75, 3.05) is 31.1 Å². The van der Waals surface area contributed by atoms with Crippen molar-refractivity contribution < 1.29 is 19.2 Å². The number of nitrogens with zero attached hydrogens (tertiary/aromatic N) is 3. The van der Waals surface area contributed by atoms with Crippen LogP contribution in [0.3, 0.4) is 0 Å². The van der Waals surface area contributed by atoms with Gasteiger partial charge >= 0.3 is 6.03 Å². The molecule has 9 nitrogen and oxygen atoms in total. The van der Waals surface area contributed by atoms with Crippen LogP contribution in [0.15, 0.2) is 42.5 Å². The second-order valence-electron chi connectivity index (χ2n) is 10.4. The average Bonchev–Trinajstić information content (AvgIpc) is 3.47. The number of likely N-dealkylation sites (tertiary alicyclic amines) is 1. The Bertz CT molecular complexity index is 1270. The molecule has 0 aromatic heterocycles. The van der Waals surface area contributed by atoms with Crippen LogP contribution < -0.4 is 15.5 Å². The molecular weight excluding hydrogens is 470 g/mol. The zero-order valence-electron chi connectivity index (χ0n) is 20.7. The Labute approximate surface area is 215 Å². The molecule has 4 heterocycles. The Hall–Kier alpha value is -3.72. The number of benzene rings is 2. The molecule has 5 amide bonds. The van der Waals surface area contributed by atoms with E-state index in [1.807, 2.05) is 18.2 Å². The third kappa shape index (κ3) is 4.59. The van der Waals surface area contributed by atoms with Crippen molar-refractivity contribution >= 4 is 29.4 Å². The van der Waals surface area contributed by atoms with Gasteiger partial charge in [0, 0.05) is 43.9 Å². The molecule has 2 aromatic carbocycles. The van der Waals surface area contributed by atoms with E-state index in [1.54, 1.807) is 9.80 Å². The van der Waals surface area contributed by atoms with Crippen LogP contribution in [0, 0.1) is 0 Å². The first kappa shape index (κ1) is 23.7. The summed E-state index contributed by atoms with van der Waals surface area (Å²) in [5.41, 5.74) is 5.04. The summed E-state index contributed by atoms with van der Waals surface area (Å²) in [6, 6.07) is 13.7. The SMILES string of the molecule is O=C1CCC(N2Cc3cc(C4CCN(Cc5cccc(N6CCNC6=O)c5)CC4)ccc3C2=O)C(=O)N1. The Morgan fingerprint density at radius 3 is 2.51 bits per heavy atom. The largest absolute Gasteiger partial charge is 0.336 e. The molecule has 0 bridgehead atoms. The molecule has 0 saturated carbocycles. The number of hydrogen-bond acceptors (Lipinski definition) is 5. The standard InChI is InChI=1S/C28H31N5O4/c34-25-7-6-24(26(35)30-25)33-17-21-15-20(4-5-23(21)27(33)36)19-8-11-31(12-9-19)16-18-2-1-3-22(14-18)32-13-10-29-28(32)37/h1-5,14-15,19,24H,6-13,16-17H2,(H,29,37)(H,30,34,35). The topological polar surface area (TPSA) is 102 Å². The van der Waals surface area contributed by atoms with Crippen molar-refractivity contribution in [3.8, 4) is 0 Å². The minimum atomic E-state index is -0.581. The molecule has 9 heteroatoms. The first-order chi connectivity index (χ1) is 18.0. The smallest absolute Gasteiger partial charge is 0.321 e. The first-order valence-electron chi connectivity index (χ1n) is 13.1. The fraction of sp³-hybridized carbons (Fsp3) is 0.429. The van der Waals surface area contributed by atoms with Crippen molar-refractivity contribution in [2.24, 2.45) is 0 Å². The van der Waals surface area contributed by atoms with Gasteiger partial charge in [-0.25, -0.2) is 4.79 Å². The van der Waals surface area contributed by atoms with Gasteiger partial charge in [0.05, 0.1) is 0 Å². The van der Waals surface area contributed by atoms with Crippen LogP contribution in [-0.2, 0) is 22.7 Å². The Morgan fingerprint density at radius 1 is 0.919 bits per heavy atom. The molecule has 37 heavy (non-hydrogen) atoms. The maximum atomic E-state index is 13.0. The average molecular weight is 502 g/mol. The molecule has 3 saturated heterocycles. The minimum Gasteiger partial charge on any atom is -0.336 e. The molecule has 0 aliphatic carbocycles. The van der Waals surface area contributed by atoms with E-state index in [0.717, 1.165) is 43.7 Å². The maximum absolute atomic E-state index is 13.0. The number of carbonyl (C=O) groups is 4. The van der Waals surface area contributed by atoms with Crippen LogP contribution in [0.1, 0.15) is 58.6 Å². The number of urea groups is 1. The van der Waals surface area contributed by atoms with E-state index in [9.17, 15) is 19.2 Å². The van der Waals surface area contributed by atoms with Crippen molar-refractivity contribution in [3.05, 3.63) is 64.7 Å². The van der Waals surface area contributed by atoms with Gasteiger partial charge in [-0.2, -0.15) is 0 Å². The number of imide groups is 1. The summed E-state index contributed by atoms with van der Waals surface area (Å²) in [5.74, 6) is -0.342. The third-order valence-corrected chi connectivity index (χ3v) is 8.09. The highest BCUT2D eigenvalue weighted by Crippen LogP contribution is 2.34. The predicted octanol–water partition coefficient (Wildman–Crippen LogP) is 2.36. The molecular formula is C28H31N5O4. The molecule has 6 rings (SSSR count). The second-order valence-corrected chi connectivity index (χ2v) is 10.4. The highest BCUT2D eigenvalue weighted by Gasteiger charge is 2.39. The third-order valence-electron chi connectivity index (χ3n) is 8.09. The molecule has 0 radical (unpaired) electrons. The van der Waals surface area contributed by atoms with E-state index in [2.05, 4.69) is 39.8 Å². The molecule has 4 aliphatic heterocycles. The van der Waals surface area contributed by atoms with Crippen molar-refractivity contribution in [3.63, 3.8) is 0 Å². The van der Waals surface area contributed by atoms with Gasteiger partial charge in [-0.15, -0.1) is 0 Å². The lowest BCUT2D eigenvalue weighted by molar-refractivity contribution is -0.136. The number of fused-ring (bicyclic) bond motifs is 1. The zero-order valence-corrected chi connectivity index (χ0v) is 20.7. The summed E-state index contributed by atoms with van der Waals surface area (Å²) in [6.45, 7) is 4.62. The quantitative estimate of drug-likeness (QED) is 0.613. The lowest BCUT2D eigenvalue weighted by atomic mass is 9.87. The van der Waals surface area contributed by atoms with Crippen LogP contribution in [0.25, 0.3) is 0 Å². The van der Waals surface area contributed by atoms with E-state index >= 15 is 0 Å². The van der Waals surface area contributed by atoms with Crippen molar-refractivity contribution in [1.29, 1.82) is 0 Å². The highest BCUT2D eigenvalue weighted by molar-refractivity contribution is 6.05. The molecule has 4 aliphatic rings. The number of carbonyl (C=O) groups excluding carboxylic acids is 4. The van der Waals surface area contributed by atoms with Gasteiger partial charge in [-0.05, 0) is 73.2 Å². The number of anilines is 1. The Morgan fingerprint density at radius 2 is 1.76 bits per heavy atom. The van der Waals surface area contributed by atoms with Crippen molar-refractivity contribution in [1.82, 2.24) is 20.4 Å². The Balaban J connectivity index is 1.07. The summed E-state index contributed by atoms with van der Waals surface area (Å²) in [6.07, 6.45) is 2.72. The van der Waals surface area contributed by atoms with Gasteiger partial charge in [0.2, 0.25) is 11.8 Å². The fourth-order valence-electron chi connectivity index (χ4n) is 6.07. The number of hydrogen-bond donors (Lipinski definition) is 2. The summed E-state index contributed by atoms with van der Waals surface area (Å²) in [4.78, 5) is 54.7. The fourth-order valence-corrected chi connectivity index (χ4v) is 6.07. The first-order valence-corrected chi connectivity index (χ1v) is 13.1. The van der Waals surface area contributed by atoms with E-state index in [0.29, 0.717) is 37.5 Å². The van der Waals surface area contributed by atoms with Crippen LogP contribution in [0.4, 0.5) is 10.5 Å². The summed E-state index contributed by atoms with van der Waals surface area (Å²) in [5, 5.41) is 5.22. The predicted molar refractivity (Wildman–Crippen MR) is 137 cm³/mol. The van der Waals surface area contributed by atoms with E-state index in [-0.39, 0.29) is 30.2 Å². The summed E-state index contributed by atoms with van der Waals surface area (Å²) in [7, 11) is 0. The maximum Gasteiger partial charge on any atom is 0.321 e. The number of rotatable bonds is 5. The monoisotopic (exact) mass is 501 g/mol. The molecule has 0 spiro atoms. The number of amides is 5. The normalized spacial score (nSPS) is 22.9. The van der Waals surface area contributed by atoms with E-state index in [1.165, 1.54) is 11.1 Å². The molecule has 2 N–H and O–H groups in total. The molecule has 2 aromatic rings. The lowest BCUT2D eigenvalue weighted by Crippen LogP contribution is -2.52. The van der Waals surface area contributed by atoms with Crippen molar-refractivity contribution in [2.45, 2.75) is 50.7 Å². The van der Waals surface area contributed by atoms with Gasteiger partial charge < -0.3 is 10.2 Å². The number of nitrogens with one attached hydrogen (secondary N) is 2. The van der Waals surface area contributed by atoms with Crippen LogP contribution >= 0.6 is 0 Å². The van der Waals surface area contributed by atoms with Gasteiger partial charge in [0.15, 0.2) is 0 Å². The highest BCUT2D eigenvalue weighted by atomic mass is 16.2. The van der Waals surface area contributed by atoms with E-state index in [4.69, 9.17) is 0 Å². The second kappa shape index (κ2) is 9.63. The minimum absolute atomic E-state index is 0.0331. The molecule has 192 valence electrons. The van der Waals surface area contributed by atoms with E-state index < -0.39 is 6.04 Å². The lowest BCUT2D eigenvalue weighted by Gasteiger charge is -2.32. The Kier molecular flexibility index (Phi) is 6.16. The number of piperidine rings is 2. The summed E-state index contributed by atoms with van der Waals surface area (Å²) < 4.78 is 0. The van der Waals surface area contributed by atoms with Gasteiger partial charge in [0.25, 0.3) is 5.91 Å². The molecule has 3 fully saturated rings. The molecule has 1 unspecified atom stereocenters. The van der Waals surface area contributed by atoms with Crippen LogP contribution in [-0.4, -0.2) is 65.8 Å². The van der Waals surface area contributed by atoms with Gasteiger partial charge in [-0.1, -0.05) is 24.3 Å². The summed E-state index contributed by atoms with van der Waals surface area (Å²) >= 11 is 0. The molecule has 1 atom stereocenters. The van der Waals surface area contributed by atoms with Crippen LogP contribution in [0.5, 0.6) is 0 Å². The van der Waals surface area contributed by atoms with Gasteiger partial charge in [-0.3, -0.25) is 29.5 Å².